The molecule has 4 nitrogen and oxygen atoms in total. The highest BCUT2D eigenvalue weighted by atomic mass is 79.9. The third kappa shape index (κ3) is 3.49. The van der Waals surface area contributed by atoms with Gasteiger partial charge in [-0.2, -0.15) is 0 Å². The molecule has 2 rings (SSSR count). The van der Waals surface area contributed by atoms with Gasteiger partial charge in [0.2, 0.25) is 0 Å². The molecule has 0 saturated carbocycles. The van der Waals surface area contributed by atoms with Crippen molar-refractivity contribution in [1.29, 1.82) is 0 Å². The molecule has 2 aromatic rings. The molecular weight excluding hydrogens is 348 g/mol. The van der Waals surface area contributed by atoms with Crippen LogP contribution in [0.4, 0.5) is 0 Å². The molecule has 0 radical (unpaired) electrons. The largest absolute Gasteiger partial charge is 0.493 e. The molecule has 1 N–H and O–H groups in total. The maximum absolute atomic E-state index is 11.6. The van der Waals surface area contributed by atoms with Gasteiger partial charge in [-0.25, -0.2) is 4.79 Å². The third-order valence-corrected chi connectivity index (χ3v) is 3.55. The molecule has 0 saturated heterocycles. The smallest absolute Gasteiger partial charge is 0.336 e. The van der Waals surface area contributed by atoms with E-state index in [1.54, 1.807) is 42.5 Å². The minimum atomic E-state index is -1.01. The fourth-order valence-electron chi connectivity index (χ4n) is 2.11. The number of carbonyl (C=O) groups is 1. The van der Waals surface area contributed by atoms with E-state index in [0.29, 0.717) is 22.6 Å². The Hall–Kier alpha value is -2.27. The first-order valence-corrected chi connectivity index (χ1v) is 7.28. The van der Waals surface area contributed by atoms with E-state index in [1.165, 1.54) is 14.2 Å². The first kappa shape index (κ1) is 16.1. The Morgan fingerprint density at radius 2 is 1.82 bits per heavy atom. The highest BCUT2D eigenvalue weighted by Crippen LogP contribution is 2.36. The molecule has 0 aliphatic heterocycles. The van der Waals surface area contributed by atoms with Crippen molar-refractivity contribution in [2.45, 2.75) is 0 Å². The number of carboxylic acids is 1. The van der Waals surface area contributed by atoms with Gasteiger partial charge < -0.3 is 14.6 Å². The molecule has 2 aromatic carbocycles. The maximum Gasteiger partial charge on any atom is 0.336 e. The number of hydrogen-bond donors (Lipinski definition) is 1. The fourth-order valence-corrected chi connectivity index (χ4v) is 2.56. The van der Waals surface area contributed by atoms with E-state index in [0.717, 1.165) is 4.47 Å². The zero-order chi connectivity index (χ0) is 16.1. The molecule has 0 amide bonds. The van der Waals surface area contributed by atoms with Crippen LogP contribution >= 0.6 is 15.9 Å². The summed E-state index contributed by atoms with van der Waals surface area (Å²) in [4.78, 5) is 11.6. The molecule has 0 atom stereocenters. The number of carboxylic acid groups (broad SMARTS) is 1. The number of ether oxygens (including phenoxy) is 2. The minimum Gasteiger partial charge on any atom is -0.493 e. The van der Waals surface area contributed by atoms with Crippen molar-refractivity contribution in [1.82, 2.24) is 0 Å². The van der Waals surface area contributed by atoms with Gasteiger partial charge in [-0.15, -0.1) is 0 Å². The van der Waals surface area contributed by atoms with Gasteiger partial charge in [0.05, 0.1) is 19.8 Å². The summed E-state index contributed by atoms with van der Waals surface area (Å²) in [5.41, 5.74) is 1.42. The molecule has 0 unspecified atom stereocenters. The monoisotopic (exact) mass is 362 g/mol. The minimum absolute atomic E-state index is 0.180. The number of hydrogen-bond acceptors (Lipinski definition) is 3. The summed E-state index contributed by atoms with van der Waals surface area (Å²) in [6, 6.07) is 12.5. The van der Waals surface area contributed by atoms with Crippen molar-refractivity contribution in [2.75, 3.05) is 14.2 Å². The van der Waals surface area contributed by atoms with Crippen LogP contribution < -0.4 is 9.47 Å². The van der Waals surface area contributed by atoms with E-state index >= 15 is 0 Å². The summed E-state index contributed by atoms with van der Waals surface area (Å²) in [6.45, 7) is 0. The Bertz CT molecular complexity index is 708. The van der Waals surface area contributed by atoms with Crippen molar-refractivity contribution < 1.29 is 19.4 Å². The lowest BCUT2D eigenvalue weighted by atomic mass is 10.0. The van der Waals surface area contributed by atoms with Crippen molar-refractivity contribution in [3.63, 3.8) is 0 Å². The molecule has 5 heteroatoms. The molecule has 0 aliphatic rings. The lowest BCUT2D eigenvalue weighted by Crippen LogP contribution is -2.00. The predicted octanol–water partition coefficient (Wildman–Crippen LogP) is 4.09. The van der Waals surface area contributed by atoms with Crippen LogP contribution in [0, 0.1) is 0 Å². The normalized spacial score (nSPS) is 11.1. The number of rotatable bonds is 5. The van der Waals surface area contributed by atoms with Crippen LogP contribution in [0.2, 0.25) is 0 Å². The highest BCUT2D eigenvalue weighted by molar-refractivity contribution is 9.10. The van der Waals surface area contributed by atoms with Crippen LogP contribution in [-0.2, 0) is 4.79 Å². The van der Waals surface area contributed by atoms with E-state index < -0.39 is 5.97 Å². The molecule has 0 heterocycles. The van der Waals surface area contributed by atoms with Gasteiger partial charge in [0.1, 0.15) is 0 Å². The van der Waals surface area contributed by atoms with Crippen molar-refractivity contribution in [2.24, 2.45) is 0 Å². The van der Waals surface area contributed by atoms with Gasteiger partial charge in [-0.1, -0.05) is 46.3 Å². The van der Waals surface area contributed by atoms with Gasteiger partial charge in [-0.05, 0) is 23.8 Å². The molecule has 0 bridgehead atoms. The van der Waals surface area contributed by atoms with Gasteiger partial charge in [0.25, 0.3) is 0 Å². The summed E-state index contributed by atoms with van der Waals surface area (Å²) in [6.07, 6.45) is 1.57. The van der Waals surface area contributed by atoms with Crippen LogP contribution in [0.25, 0.3) is 11.6 Å². The summed E-state index contributed by atoms with van der Waals surface area (Å²) in [7, 11) is 3.05. The SMILES string of the molecule is COc1cc(Br)cc(/C=C(\C(=O)O)c2ccccc2)c1OC. The molecular formula is C17H15BrO4. The number of aliphatic carboxylic acids is 1. The number of halogens is 1. The lowest BCUT2D eigenvalue weighted by molar-refractivity contribution is -0.130. The highest BCUT2D eigenvalue weighted by Gasteiger charge is 2.15. The topological polar surface area (TPSA) is 55.8 Å². The second kappa shape index (κ2) is 7.13. The molecule has 22 heavy (non-hydrogen) atoms. The second-order valence-corrected chi connectivity index (χ2v) is 5.38. The zero-order valence-corrected chi connectivity index (χ0v) is 13.8. The van der Waals surface area contributed by atoms with E-state index in [1.807, 2.05) is 6.07 Å². The average molecular weight is 363 g/mol. The quantitative estimate of drug-likeness (QED) is 0.642. The Morgan fingerprint density at radius 1 is 1.14 bits per heavy atom. The lowest BCUT2D eigenvalue weighted by Gasteiger charge is -2.12. The summed E-state index contributed by atoms with van der Waals surface area (Å²) in [5, 5.41) is 9.50. The third-order valence-electron chi connectivity index (χ3n) is 3.09. The van der Waals surface area contributed by atoms with Crippen LogP contribution in [0.1, 0.15) is 11.1 Å². The van der Waals surface area contributed by atoms with Gasteiger partial charge in [0, 0.05) is 10.0 Å². The van der Waals surface area contributed by atoms with E-state index in [-0.39, 0.29) is 5.57 Å². The maximum atomic E-state index is 11.6. The Balaban J connectivity index is 2.63. The first-order valence-electron chi connectivity index (χ1n) is 6.48. The van der Waals surface area contributed by atoms with E-state index in [2.05, 4.69) is 15.9 Å². The molecule has 0 aromatic heterocycles. The van der Waals surface area contributed by atoms with Gasteiger partial charge in [0.15, 0.2) is 11.5 Å². The summed E-state index contributed by atoms with van der Waals surface area (Å²) < 4.78 is 11.4. The molecule has 0 aliphatic carbocycles. The van der Waals surface area contributed by atoms with Crippen molar-refractivity contribution >= 4 is 33.5 Å². The van der Waals surface area contributed by atoms with Crippen molar-refractivity contribution in [3.8, 4) is 11.5 Å². The Kier molecular flexibility index (Phi) is 5.22. The predicted molar refractivity (Wildman–Crippen MR) is 89.2 cm³/mol. The Labute approximate surface area is 137 Å². The van der Waals surface area contributed by atoms with Crippen LogP contribution in [0.5, 0.6) is 11.5 Å². The standard InChI is InChI=1S/C17H15BrO4/c1-21-15-10-13(18)8-12(16(15)22-2)9-14(17(19)20)11-6-4-3-5-7-11/h3-10H,1-2H3,(H,19,20)/b14-9-. The van der Waals surface area contributed by atoms with E-state index in [4.69, 9.17) is 9.47 Å². The number of benzene rings is 2. The Morgan fingerprint density at radius 3 is 2.36 bits per heavy atom. The van der Waals surface area contributed by atoms with Crippen LogP contribution in [0.15, 0.2) is 46.9 Å². The summed E-state index contributed by atoms with van der Waals surface area (Å²) >= 11 is 3.39. The van der Waals surface area contributed by atoms with Gasteiger partial charge >= 0.3 is 5.97 Å². The average Bonchev–Trinajstić information content (AvgIpc) is 2.52. The fraction of sp³-hybridized carbons (Fsp3) is 0.118. The second-order valence-electron chi connectivity index (χ2n) is 4.46. The van der Waals surface area contributed by atoms with Crippen LogP contribution in [0.3, 0.4) is 0 Å². The molecule has 114 valence electrons. The zero-order valence-electron chi connectivity index (χ0n) is 12.2. The van der Waals surface area contributed by atoms with Crippen molar-refractivity contribution in [3.05, 3.63) is 58.1 Å². The molecule has 0 spiro atoms. The van der Waals surface area contributed by atoms with Gasteiger partial charge in [-0.3, -0.25) is 0 Å². The number of methoxy groups -OCH3 is 2. The first-order chi connectivity index (χ1) is 10.6. The van der Waals surface area contributed by atoms with Crippen LogP contribution in [-0.4, -0.2) is 25.3 Å². The molecule has 0 fully saturated rings. The summed E-state index contributed by atoms with van der Waals surface area (Å²) in [5.74, 6) is 0.00787. The van der Waals surface area contributed by atoms with E-state index in [9.17, 15) is 9.90 Å².